The maximum absolute atomic E-state index is 12.4. The monoisotopic (exact) mass is 329 g/mol. The molecule has 2 amide bonds. The van der Waals surface area contributed by atoms with Gasteiger partial charge in [-0.2, -0.15) is 0 Å². The average molecular weight is 329 g/mol. The molecule has 1 fully saturated rings. The van der Waals surface area contributed by atoms with Gasteiger partial charge in [0, 0.05) is 6.54 Å². The van der Waals surface area contributed by atoms with Gasteiger partial charge in [-0.3, -0.25) is 9.69 Å². The van der Waals surface area contributed by atoms with Crippen molar-refractivity contribution < 1.29 is 18.7 Å². The fraction of sp³-hybridized carbons (Fsp3) is 0.353. The largest absolute Gasteiger partial charge is 0.445 e. The number of aryl methyl sites for hydroxylation is 1. The Hall–Kier alpha value is -2.83. The van der Waals surface area contributed by atoms with Crippen LogP contribution >= 0.6 is 0 Å². The summed E-state index contributed by atoms with van der Waals surface area (Å²) in [7, 11) is 0. The molecule has 1 aliphatic rings. The molecular formula is C17H19N3O4. The fourth-order valence-electron chi connectivity index (χ4n) is 2.83. The highest BCUT2D eigenvalue weighted by Crippen LogP contribution is 2.33. The van der Waals surface area contributed by atoms with Crippen LogP contribution in [0.1, 0.15) is 46.6 Å². The molecule has 0 bridgehead atoms. The molecule has 126 valence electrons. The van der Waals surface area contributed by atoms with E-state index in [4.69, 9.17) is 14.9 Å². The van der Waals surface area contributed by atoms with Crippen molar-refractivity contribution in [2.45, 2.75) is 32.4 Å². The van der Waals surface area contributed by atoms with E-state index >= 15 is 0 Å². The van der Waals surface area contributed by atoms with E-state index in [-0.39, 0.29) is 18.3 Å². The minimum atomic E-state index is -0.640. The number of benzene rings is 1. The van der Waals surface area contributed by atoms with Gasteiger partial charge in [0.1, 0.15) is 18.4 Å². The van der Waals surface area contributed by atoms with Crippen LogP contribution in [0, 0.1) is 6.92 Å². The number of likely N-dealkylation sites (tertiary alicyclic amines) is 1. The summed E-state index contributed by atoms with van der Waals surface area (Å²) in [6.07, 6.45) is 1.11. The van der Waals surface area contributed by atoms with E-state index in [2.05, 4.69) is 4.98 Å². The Morgan fingerprint density at radius 2 is 2.12 bits per heavy atom. The van der Waals surface area contributed by atoms with Crippen molar-refractivity contribution in [1.82, 2.24) is 9.88 Å². The van der Waals surface area contributed by atoms with E-state index in [1.165, 1.54) is 0 Å². The van der Waals surface area contributed by atoms with Gasteiger partial charge in [-0.1, -0.05) is 30.3 Å². The zero-order chi connectivity index (χ0) is 17.1. The van der Waals surface area contributed by atoms with Crippen molar-refractivity contribution in [2.24, 2.45) is 5.73 Å². The lowest BCUT2D eigenvalue weighted by Gasteiger charge is -2.21. The van der Waals surface area contributed by atoms with Crippen LogP contribution in [-0.2, 0) is 11.3 Å². The number of amides is 2. The minimum Gasteiger partial charge on any atom is -0.445 e. The molecule has 1 aromatic carbocycles. The third-order valence-electron chi connectivity index (χ3n) is 4.02. The normalized spacial score (nSPS) is 17.0. The SMILES string of the molecule is Cc1oc([C@@H]2CCCN2C(=O)OCc2ccccc2)nc1C(N)=O. The Labute approximate surface area is 139 Å². The summed E-state index contributed by atoms with van der Waals surface area (Å²) >= 11 is 0. The van der Waals surface area contributed by atoms with Gasteiger partial charge < -0.3 is 14.9 Å². The average Bonchev–Trinajstić information content (AvgIpc) is 3.20. The highest BCUT2D eigenvalue weighted by Gasteiger charge is 2.35. The Morgan fingerprint density at radius 3 is 2.79 bits per heavy atom. The Kier molecular flexibility index (Phi) is 4.50. The smallest absolute Gasteiger partial charge is 0.410 e. The number of hydrogen-bond acceptors (Lipinski definition) is 5. The molecular weight excluding hydrogens is 310 g/mol. The van der Waals surface area contributed by atoms with Crippen molar-refractivity contribution in [1.29, 1.82) is 0 Å². The van der Waals surface area contributed by atoms with Crippen LogP contribution in [0.25, 0.3) is 0 Å². The molecule has 1 saturated heterocycles. The standard InChI is InChI=1S/C17H19N3O4/c1-11-14(15(18)21)19-16(24-11)13-8-5-9-20(13)17(22)23-10-12-6-3-2-4-7-12/h2-4,6-7,13H,5,8-10H2,1H3,(H2,18,21)/t13-/m0/s1. The summed E-state index contributed by atoms with van der Waals surface area (Å²) in [6, 6.07) is 9.14. The summed E-state index contributed by atoms with van der Waals surface area (Å²) in [5, 5.41) is 0. The van der Waals surface area contributed by atoms with E-state index in [1.807, 2.05) is 30.3 Å². The predicted molar refractivity (Wildman–Crippen MR) is 85.1 cm³/mol. The number of carbonyl (C=O) groups is 2. The van der Waals surface area contributed by atoms with Gasteiger partial charge in [0.15, 0.2) is 5.69 Å². The number of rotatable bonds is 4. The number of oxazole rings is 1. The van der Waals surface area contributed by atoms with E-state index in [0.717, 1.165) is 12.0 Å². The van der Waals surface area contributed by atoms with E-state index in [1.54, 1.807) is 11.8 Å². The van der Waals surface area contributed by atoms with Crippen molar-refractivity contribution >= 4 is 12.0 Å². The molecule has 24 heavy (non-hydrogen) atoms. The molecule has 7 nitrogen and oxygen atoms in total. The Balaban J connectivity index is 1.69. The van der Waals surface area contributed by atoms with Gasteiger partial charge >= 0.3 is 6.09 Å². The molecule has 1 atom stereocenters. The molecule has 2 N–H and O–H groups in total. The molecule has 2 heterocycles. The van der Waals surface area contributed by atoms with Crippen LogP contribution in [0.15, 0.2) is 34.7 Å². The Bertz CT molecular complexity index is 742. The topological polar surface area (TPSA) is 98.7 Å². The molecule has 2 aromatic rings. The first-order valence-electron chi connectivity index (χ1n) is 7.80. The molecule has 7 heteroatoms. The van der Waals surface area contributed by atoms with Crippen LogP contribution in [0.5, 0.6) is 0 Å². The summed E-state index contributed by atoms with van der Waals surface area (Å²) in [5.74, 6) is 0.0520. The number of nitrogens with two attached hydrogens (primary N) is 1. The molecule has 3 rings (SSSR count). The molecule has 1 aromatic heterocycles. The van der Waals surface area contributed by atoms with Crippen LogP contribution < -0.4 is 5.73 Å². The summed E-state index contributed by atoms with van der Waals surface area (Å²) in [4.78, 5) is 29.4. The lowest BCUT2D eigenvalue weighted by atomic mass is 10.2. The number of primary amides is 1. The first-order chi connectivity index (χ1) is 11.6. The van der Waals surface area contributed by atoms with Gasteiger partial charge in [-0.15, -0.1) is 0 Å². The van der Waals surface area contributed by atoms with E-state index in [9.17, 15) is 9.59 Å². The van der Waals surface area contributed by atoms with Gasteiger partial charge in [-0.25, -0.2) is 9.78 Å². The van der Waals surface area contributed by atoms with Crippen molar-refractivity contribution in [2.75, 3.05) is 6.54 Å². The number of ether oxygens (including phenoxy) is 1. The minimum absolute atomic E-state index is 0.106. The molecule has 0 spiro atoms. The summed E-state index contributed by atoms with van der Waals surface area (Å²) < 4.78 is 10.9. The van der Waals surface area contributed by atoms with Gasteiger partial charge in [-0.05, 0) is 25.3 Å². The maximum atomic E-state index is 12.4. The number of nitrogens with zero attached hydrogens (tertiary/aromatic N) is 2. The van der Waals surface area contributed by atoms with Crippen LogP contribution in [0.4, 0.5) is 4.79 Å². The number of aromatic nitrogens is 1. The number of carbonyl (C=O) groups excluding carboxylic acids is 2. The van der Waals surface area contributed by atoms with Crippen LogP contribution in [-0.4, -0.2) is 28.4 Å². The second-order valence-electron chi connectivity index (χ2n) is 5.71. The predicted octanol–water partition coefficient (Wildman–Crippen LogP) is 2.56. The van der Waals surface area contributed by atoms with Crippen molar-refractivity contribution in [3.63, 3.8) is 0 Å². The van der Waals surface area contributed by atoms with Crippen molar-refractivity contribution in [3.05, 3.63) is 53.2 Å². The quantitative estimate of drug-likeness (QED) is 0.929. The summed E-state index contributed by atoms with van der Waals surface area (Å²) in [5.41, 5.74) is 6.29. The lowest BCUT2D eigenvalue weighted by Crippen LogP contribution is -2.31. The highest BCUT2D eigenvalue weighted by atomic mass is 16.6. The zero-order valence-corrected chi connectivity index (χ0v) is 13.4. The molecule has 1 aliphatic heterocycles. The second-order valence-corrected chi connectivity index (χ2v) is 5.71. The second kappa shape index (κ2) is 6.74. The first-order valence-corrected chi connectivity index (χ1v) is 7.80. The van der Waals surface area contributed by atoms with Gasteiger partial charge in [0.2, 0.25) is 5.89 Å². The fourth-order valence-corrected chi connectivity index (χ4v) is 2.83. The third kappa shape index (κ3) is 3.24. The zero-order valence-electron chi connectivity index (χ0n) is 13.4. The van der Waals surface area contributed by atoms with Gasteiger partial charge in [0.05, 0.1) is 0 Å². The molecule has 0 saturated carbocycles. The molecule has 0 radical (unpaired) electrons. The first kappa shape index (κ1) is 16.0. The molecule has 0 unspecified atom stereocenters. The maximum Gasteiger partial charge on any atom is 0.410 e. The van der Waals surface area contributed by atoms with Crippen LogP contribution in [0.3, 0.4) is 0 Å². The van der Waals surface area contributed by atoms with Gasteiger partial charge in [0.25, 0.3) is 5.91 Å². The van der Waals surface area contributed by atoms with E-state index in [0.29, 0.717) is 24.6 Å². The summed E-state index contributed by atoms with van der Waals surface area (Å²) in [6.45, 7) is 2.40. The van der Waals surface area contributed by atoms with E-state index < -0.39 is 12.0 Å². The van der Waals surface area contributed by atoms with Crippen LogP contribution in [0.2, 0.25) is 0 Å². The van der Waals surface area contributed by atoms with Crippen molar-refractivity contribution in [3.8, 4) is 0 Å². The lowest BCUT2D eigenvalue weighted by molar-refractivity contribution is 0.0876. The highest BCUT2D eigenvalue weighted by molar-refractivity contribution is 5.91. The third-order valence-corrected chi connectivity index (χ3v) is 4.02. The number of hydrogen-bond donors (Lipinski definition) is 1. The Morgan fingerprint density at radius 1 is 1.38 bits per heavy atom. The molecule has 0 aliphatic carbocycles.